The first-order valence-corrected chi connectivity index (χ1v) is 7.91. The maximum atomic E-state index is 12.9. The van der Waals surface area contributed by atoms with Crippen LogP contribution in [0.4, 0.5) is 11.4 Å². The summed E-state index contributed by atoms with van der Waals surface area (Å²) in [4.78, 5) is 19.4. The van der Waals surface area contributed by atoms with Gasteiger partial charge >= 0.3 is 0 Å². The summed E-state index contributed by atoms with van der Waals surface area (Å²) in [5.74, 6) is 0.857. The zero-order valence-corrected chi connectivity index (χ0v) is 13.6. The fraction of sp³-hybridized carbons (Fsp3) is 0.263. The Labute approximate surface area is 140 Å². The molecule has 0 amide bonds. The quantitative estimate of drug-likeness (QED) is 0.923. The van der Waals surface area contributed by atoms with Crippen LogP contribution in [0.5, 0.6) is 5.75 Å². The number of aliphatic hydroxyl groups is 1. The van der Waals surface area contributed by atoms with Gasteiger partial charge in [0.05, 0.1) is 12.8 Å². The van der Waals surface area contributed by atoms with Gasteiger partial charge in [-0.25, -0.2) is 4.99 Å². The van der Waals surface area contributed by atoms with Crippen molar-refractivity contribution in [2.75, 3.05) is 18.6 Å². The number of amidine groups is 1. The Morgan fingerprint density at radius 1 is 1.25 bits per heavy atom. The largest absolute Gasteiger partial charge is 0.497 e. The first kappa shape index (κ1) is 14.9. The zero-order valence-electron chi connectivity index (χ0n) is 13.6. The van der Waals surface area contributed by atoms with Crippen molar-refractivity contribution in [3.8, 4) is 5.75 Å². The van der Waals surface area contributed by atoms with Crippen LogP contribution in [0.1, 0.15) is 22.3 Å². The Balaban J connectivity index is 1.84. The van der Waals surface area contributed by atoms with Gasteiger partial charge < -0.3 is 14.7 Å². The summed E-state index contributed by atoms with van der Waals surface area (Å²) >= 11 is 0. The van der Waals surface area contributed by atoms with Crippen molar-refractivity contribution in [2.24, 2.45) is 4.99 Å². The van der Waals surface area contributed by atoms with Gasteiger partial charge in [0.1, 0.15) is 11.6 Å². The van der Waals surface area contributed by atoms with Gasteiger partial charge in [0.15, 0.2) is 5.60 Å². The van der Waals surface area contributed by atoms with Crippen molar-refractivity contribution in [1.29, 1.82) is 0 Å². The average molecular weight is 322 g/mol. The van der Waals surface area contributed by atoms with Gasteiger partial charge in [0.2, 0.25) is 5.78 Å². The second-order valence-corrected chi connectivity index (χ2v) is 6.25. The molecule has 0 aliphatic carbocycles. The van der Waals surface area contributed by atoms with Crippen LogP contribution in [0.25, 0.3) is 0 Å². The minimum Gasteiger partial charge on any atom is -0.497 e. The second kappa shape index (κ2) is 5.18. The van der Waals surface area contributed by atoms with E-state index < -0.39 is 5.60 Å². The van der Waals surface area contributed by atoms with Crippen molar-refractivity contribution in [3.05, 3.63) is 53.6 Å². The number of aryl methyl sites for hydroxylation is 1. The van der Waals surface area contributed by atoms with Crippen LogP contribution in [0.2, 0.25) is 0 Å². The third kappa shape index (κ3) is 2.05. The number of benzene rings is 2. The number of rotatable bonds is 2. The smallest absolute Gasteiger partial charge is 0.204 e. The lowest BCUT2D eigenvalue weighted by Gasteiger charge is -2.30. The summed E-state index contributed by atoms with van der Waals surface area (Å²) in [6, 6.07) is 13.1. The third-order valence-corrected chi connectivity index (χ3v) is 4.69. The van der Waals surface area contributed by atoms with E-state index in [-0.39, 0.29) is 5.78 Å². The van der Waals surface area contributed by atoms with Crippen LogP contribution in [-0.2, 0) is 0 Å². The number of anilines is 1. The minimum atomic E-state index is -1.55. The lowest BCUT2D eigenvalue weighted by molar-refractivity contribution is 0.0602. The van der Waals surface area contributed by atoms with Crippen molar-refractivity contribution in [1.82, 2.24) is 0 Å². The predicted octanol–water partition coefficient (Wildman–Crippen LogP) is 2.87. The minimum absolute atomic E-state index is 0.267. The molecule has 2 aromatic rings. The molecular weight excluding hydrogens is 304 g/mol. The summed E-state index contributed by atoms with van der Waals surface area (Å²) in [5.41, 5.74) is 1.39. The van der Waals surface area contributed by atoms with Crippen molar-refractivity contribution in [2.45, 2.75) is 18.9 Å². The molecule has 0 unspecified atom stereocenters. The van der Waals surface area contributed by atoms with Gasteiger partial charge in [-0.15, -0.1) is 0 Å². The monoisotopic (exact) mass is 322 g/mol. The predicted molar refractivity (Wildman–Crippen MR) is 92.5 cm³/mol. The number of hydrogen-bond donors (Lipinski definition) is 1. The van der Waals surface area contributed by atoms with Crippen molar-refractivity contribution < 1.29 is 14.6 Å². The Morgan fingerprint density at radius 2 is 2.08 bits per heavy atom. The fourth-order valence-corrected chi connectivity index (χ4v) is 3.38. The van der Waals surface area contributed by atoms with E-state index in [2.05, 4.69) is 4.99 Å². The van der Waals surface area contributed by atoms with E-state index in [1.165, 1.54) is 0 Å². The lowest BCUT2D eigenvalue weighted by atomic mass is 9.87. The molecule has 2 heterocycles. The van der Waals surface area contributed by atoms with Crippen LogP contribution in [-0.4, -0.2) is 36.0 Å². The number of fused-ring (bicyclic) bond motifs is 2. The molecule has 0 saturated carbocycles. The van der Waals surface area contributed by atoms with E-state index in [1.54, 1.807) is 13.2 Å². The molecular formula is C19H18N2O3. The summed E-state index contributed by atoms with van der Waals surface area (Å²) in [6.45, 7) is 2.45. The van der Waals surface area contributed by atoms with Crippen LogP contribution in [0.3, 0.4) is 0 Å². The van der Waals surface area contributed by atoms with E-state index >= 15 is 0 Å². The van der Waals surface area contributed by atoms with Crippen LogP contribution >= 0.6 is 0 Å². The second-order valence-electron chi connectivity index (χ2n) is 6.25. The average Bonchev–Trinajstić information content (AvgIpc) is 2.94. The SMILES string of the molecule is COc1cccc(N2CC[C@@]3(O)C(=O)c4cc(C)ccc4N=C23)c1. The molecule has 1 fully saturated rings. The van der Waals surface area contributed by atoms with Gasteiger partial charge in [-0.2, -0.15) is 0 Å². The highest BCUT2D eigenvalue weighted by Crippen LogP contribution is 2.40. The van der Waals surface area contributed by atoms with Gasteiger partial charge in [0, 0.05) is 30.3 Å². The number of ether oxygens (including phenoxy) is 1. The summed E-state index contributed by atoms with van der Waals surface area (Å²) in [6.07, 6.45) is 0.329. The van der Waals surface area contributed by atoms with E-state index in [4.69, 9.17) is 4.74 Å². The maximum Gasteiger partial charge on any atom is 0.204 e. The molecule has 122 valence electrons. The number of carbonyl (C=O) groups is 1. The van der Waals surface area contributed by atoms with Crippen molar-refractivity contribution in [3.63, 3.8) is 0 Å². The van der Waals surface area contributed by atoms with E-state index in [0.717, 1.165) is 17.0 Å². The molecule has 0 spiro atoms. The summed E-state index contributed by atoms with van der Waals surface area (Å²) < 4.78 is 5.27. The molecule has 0 bridgehead atoms. The molecule has 5 nitrogen and oxygen atoms in total. The molecule has 2 aromatic carbocycles. The lowest BCUT2D eigenvalue weighted by Crippen LogP contribution is -2.48. The maximum absolute atomic E-state index is 12.9. The number of Topliss-reactive ketones (excluding diaryl/α,β-unsaturated/α-hetero) is 1. The van der Waals surface area contributed by atoms with Crippen molar-refractivity contribution >= 4 is 23.0 Å². The molecule has 2 aliphatic rings. The fourth-order valence-electron chi connectivity index (χ4n) is 3.38. The third-order valence-electron chi connectivity index (χ3n) is 4.69. The van der Waals surface area contributed by atoms with Crippen LogP contribution in [0, 0.1) is 6.92 Å². The molecule has 4 rings (SSSR count). The highest BCUT2D eigenvalue weighted by Gasteiger charge is 2.52. The van der Waals surface area contributed by atoms with E-state index in [9.17, 15) is 9.90 Å². The highest BCUT2D eigenvalue weighted by atomic mass is 16.5. The molecule has 0 radical (unpaired) electrons. The molecule has 1 saturated heterocycles. The number of methoxy groups -OCH3 is 1. The first-order valence-electron chi connectivity index (χ1n) is 7.91. The number of ketones is 1. The Kier molecular flexibility index (Phi) is 3.21. The normalized spacial score (nSPS) is 22.0. The van der Waals surface area contributed by atoms with Gasteiger partial charge in [-0.05, 0) is 31.2 Å². The van der Waals surface area contributed by atoms with E-state index in [0.29, 0.717) is 30.1 Å². The molecule has 5 heteroatoms. The molecule has 1 N–H and O–H groups in total. The molecule has 2 aliphatic heterocycles. The Bertz CT molecular complexity index is 875. The van der Waals surface area contributed by atoms with Crippen LogP contribution in [0.15, 0.2) is 47.5 Å². The molecule has 24 heavy (non-hydrogen) atoms. The van der Waals surface area contributed by atoms with E-state index in [1.807, 2.05) is 48.2 Å². The standard InChI is InChI=1S/C19H18N2O3/c1-12-6-7-16-15(10-12)17(22)19(23)8-9-21(18(19)20-16)13-4-3-5-14(11-13)24-2/h3-7,10-11,23H,8-9H2,1-2H3/t19-/m1/s1. The number of nitrogens with zero attached hydrogens (tertiary/aromatic N) is 2. The summed E-state index contributed by atoms with van der Waals surface area (Å²) in [5, 5.41) is 11.0. The molecule has 1 atom stereocenters. The topological polar surface area (TPSA) is 62.1 Å². The van der Waals surface area contributed by atoms with Gasteiger partial charge in [0.25, 0.3) is 0 Å². The molecule has 0 aromatic heterocycles. The zero-order chi connectivity index (χ0) is 16.9. The van der Waals surface area contributed by atoms with Gasteiger partial charge in [-0.1, -0.05) is 17.7 Å². The Hall–Kier alpha value is -2.66. The highest BCUT2D eigenvalue weighted by molar-refractivity contribution is 6.28. The van der Waals surface area contributed by atoms with Gasteiger partial charge in [-0.3, -0.25) is 4.79 Å². The first-order chi connectivity index (χ1) is 11.5. The number of hydrogen-bond acceptors (Lipinski definition) is 5. The number of aliphatic imine (C=N–C) groups is 1. The Morgan fingerprint density at radius 3 is 2.88 bits per heavy atom. The summed E-state index contributed by atoms with van der Waals surface area (Å²) in [7, 11) is 1.61. The van der Waals surface area contributed by atoms with Crippen LogP contribution < -0.4 is 9.64 Å². The number of carbonyl (C=O) groups excluding carboxylic acids is 1.